The molecule has 0 aliphatic rings. The van der Waals surface area contributed by atoms with E-state index in [1.807, 2.05) is 6.92 Å². The van der Waals surface area contributed by atoms with Crippen LogP contribution in [0.4, 0.5) is 10.2 Å². The molecule has 0 aromatic carbocycles. The van der Waals surface area contributed by atoms with Crippen molar-refractivity contribution < 1.29 is 9.13 Å². The summed E-state index contributed by atoms with van der Waals surface area (Å²) in [5, 5.41) is 0. The number of aromatic nitrogens is 2. The van der Waals surface area contributed by atoms with Crippen LogP contribution in [0.3, 0.4) is 0 Å². The first-order valence-electron chi connectivity index (χ1n) is 3.96. The van der Waals surface area contributed by atoms with Gasteiger partial charge in [-0.25, -0.2) is 9.37 Å². The van der Waals surface area contributed by atoms with Crippen LogP contribution in [0.5, 0.6) is 6.01 Å². The van der Waals surface area contributed by atoms with E-state index in [1.54, 1.807) is 11.9 Å². The molecule has 0 atom stereocenters. The summed E-state index contributed by atoms with van der Waals surface area (Å²) >= 11 is 0. The van der Waals surface area contributed by atoms with Crippen molar-refractivity contribution >= 4 is 5.82 Å². The normalized spacial score (nSPS) is 9.85. The quantitative estimate of drug-likeness (QED) is 0.706. The molecule has 1 rings (SSSR count). The van der Waals surface area contributed by atoms with E-state index in [9.17, 15) is 4.39 Å². The second-order valence-electron chi connectivity index (χ2n) is 2.54. The highest BCUT2D eigenvalue weighted by atomic mass is 19.1. The zero-order valence-electron chi connectivity index (χ0n) is 7.91. The summed E-state index contributed by atoms with van der Waals surface area (Å²) in [4.78, 5) is 9.20. The summed E-state index contributed by atoms with van der Waals surface area (Å²) in [5.74, 6) is -0.181. The molecule has 5 heteroatoms. The first-order chi connectivity index (χ1) is 6.19. The Morgan fingerprint density at radius 1 is 1.62 bits per heavy atom. The third-order valence-corrected chi connectivity index (χ3v) is 1.72. The van der Waals surface area contributed by atoms with Crippen LogP contribution < -0.4 is 9.64 Å². The van der Waals surface area contributed by atoms with Crippen LogP contribution in [0.2, 0.25) is 0 Å². The average Bonchev–Trinajstić information content (AvgIpc) is 2.17. The summed E-state index contributed by atoms with van der Waals surface area (Å²) in [6.45, 7) is 2.59. The van der Waals surface area contributed by atoms with Crippen LogP contribution in [-0.4, -0.2) is 30.7 Å². The van der Waals surface area contributed by atoms with Gasteiger partial charge in [-0.05, 0) is 6.92 Å². The average molecular weight is 185 g/mol. The van der Waals surface area contributed by atoms with Crippen LogP contribution in [-0.2, 0) is 0 Å². The predicted molar refractivity (Wildman–Crippen MR) is 47.5 cm³/mol. The molecule has 0 radical (unpaired) electrons. The van der Waals surface area contributed by atoms with Crippen molar-refractivity contribution in [1.29, 1.82) is 0 Å². The molecular formula is C8H12FN3O. The van der Waals surface area contributed by atoms with Gasteiger partial charge < -0.3 is 9.64 Å². The Morgan fingerprint density at radius 2 is 2.31 bits per heavy atom. The maximum absolute atomic E-state index is 13.1. The lowest BCUT2D eigenvalue weighted by Gasteiger charge is -2.15. The Bertz CT molecular complexity index is 293. The van der Waals surface area contributed by atoms with Crippen molar-refractivity contribution in [3.8, 4) is 6.01 Å². The largest absolute Gasteiger partial charge is 0.467 e. The first kappa shape index (κ1) is 9.70. The smallest absolute Gasteiger partial charge is 0.318 e. The number of methoxy groups -OCH3 is 1. The van der Waals surface area contributed by atoms with Gasteiger partial charge in [-0.3, -0.25) is 0 Å². The molecule has 0 aliphatic heterocycles. The molecule has 0 N–H and O–H groups in total. The number of anilines is 1. The second-order valence-corrected chi connectivity index (χ2v) is 2.54. The summed E-state index contributed by atoms with van der Waals surface area (Å²) in [7, 11) is 3.20. The summed E-state index contributed by atoms with van der Waals surface area (Å²) in [5.41, 5.74) is 0. The Hall–Kier alpha value is -1.39. The van der Waals surface area contributed by atoms with E-state index in [-0.39, 0.29) is 11.8 Å². The van der Waals surface area contributed by atoms with Crippen LogP contribution in [0.15, 0.2) is 6.20 Å². The van der Waals surface area contributed by atoms with Gasteiger partial charge in [-0.1, -0.05) is 0 Å². The van der Waals surface area contributed by atoms with E-state index in [2.05, 4.69) is 9.97 Å². The predicted octanol–water partition coefficient (Wildman–Crippen LogP) is 1.08. The molecule has 0 spiro atoms. The van der Waals surface area contributed by atoms with Gasteiger partial charge in [0, 0.05) is 13.6 Å². The molecule has 0 saturated heterocycles. The first-order valence-corrected chi connectivity index (χ1v) is 3.96. The van der Waals surface area contributed by atoms with E-state index in [4.69, 9.17) is 4.74 Å². The van der Waals surface area contributed by atoms with Gasteiger partial charge in [0.15, 0.2) is 11.6 Å². The fourth-order valence-corrected chi connectivity index (χ4v) is 0.858. The Kier molecular flexibility index (Phi) is 3.00. The minimum Gasteiger partial charge on any atom is -0.467 e. The molecule has 1 aromatic heterocycles. The van der Waals surface area contributed by atoms with E-state index in [0.717, 1.165) is 6.20 Å². The second kappa shape index (κ2) is 4.02. The lowest BCUT2D eigenvalue weighted by molar-refractivity contribution is 0.376. The van der Waals surface area contributed by atoms with Crippen molar-refractivity contribution in [3.05, 3.63) is 12.0 Å². The van der Waals surface area contributed by atoms with Crippen molar-refractivity contribution in [3.63, 3.8) is 0 Å². The third-order valence-electron chi connectivity index (χ3n) is 1.72. The highest BCUT2D eigenvalue weighted by Gasteiger charge is 2.09. The molecule has 0 unspecified atom stereocenters. The standard InChI is InChI=1S/C8H12FN3O/c1-4-12(2)7-6(9)5-10-8(11-7)13-3/h5H,4H2,1-3H3. The van der Waals surface area contributed by atoms with Crippen molar-refractivity contribution in [2.45, 2.75) is 6.92 Å². The van der Waals surface area contributed by atoms with Gasteiger partial charge >= 0.3 is 6.01 Å². The maximum Gasteiger partial charge on any atom is 0.318 e. The van der Waals surface area contributed by atoms with Gasteiger partial charge in [-0.15, -0.1) is 0 Å². The van der Waals surface area contributed by atoms with E-state index in [1.165, 1.54) is 7.11 Å². The van der Waals surface area contributed by atoms with E-state index < -0.39 is 5.82 Å². The molecule has 0 saturated carbocycles. The van der Waals surface area contributed by atoms with Crippen molar-refractivity contribution in [1.82, 2.24) is 9.97 Å². The molecule has 13 heavy (non-hydrogen) atoms. The number of hydrogen-bond acceptors (Lipinski definition) is 4. The Balaban J connectivity index is 3.03. The van der Waals surface area contributed by atoms with Crippen molar-refractivity contribution in [2.75, 3.05) is 25.6 Å². The molecule has 0 bridgehead atoms. The zero-order chi connectivity index (χ0) is 9.84. The van der Waals surface area contributed by atoms with E-state index >= 15 is 0 Å². The molecule has 0 fully saturated rings. The molecule has 0 amide bonds. The van der Waals surface area contributed by atoms with Gasteiger partial charge in [0.1, 0.15) is 0 Å². The van der Waals surface area contributed by atoms with Crippen molar-refractivity contribution in [2.24, 2.45) is 0 Å². The Labute approximate surface area is 76.4 Å². The minimum atomic E-state index is -0.440. The van der Waals surface area contributed by atoms with Crippen LogP contribution >= 0.6 is 0 Å². The maximum atomic E-state index is 13.1. The molecule has 1 heterocycles. The zero-order valence-corrected chi connectivity index (χ0v) is 7.91. The number of hydrogen-bond donors (Lipinski definition) is 0. The van der Waals surface area contributed by atoms with Gasteiger partial charge in [0.2, 0.25) is 0 Å². The summed E-state index contributed by atoms with van der Waals surface area (Å²) in [6.07, 6.45) is 1.10. The molecule has 0 aliphatic carbocycles. The molecule has 4 nitrogen and oxygen atoms in total. The van der Waals surface area contributed by atoms with Gasteiger partial charge in [0.05, 0.1) is 13.3 Å². The third kappa shape index (κ3) is 2.05. The lowest BCUT2D eigenvalue weighted by atomic mass is 10.5. The highest BCUT2D eigenvalue weighted by Crippen LogP contribution is 2.15. The fourth-order valence-electron chi connectivity index (χ4n) is 0.858. The van der Waals surface area contributed by atoms with Crippen LogP contribution in [0.1, 0.15) is 6.92 Å². The van der Waals surface area contributed by atoms with E-state index in [0.29, 0.717) is 6.54 Å². The summed E-state index contributed by atoms with van der Waals surface area (Å²) in [6, 6.07) is 0.178. The van der Waals surface area contributed by atoms with Gasteiger partial charge in [-0.2, -0.15) is 4.98 Å². The fraction of sp³-hybridized carbons (Fsp3) is 0.500. The molecule has 72 valence electrons. The van der Waals surface area contributed by atoms with Gasteiger partial charge in [0.25, 0.3) is 0 Å². The topological polar surface area (TPSA) is 38.2 Å². The minimum absolute atomic E-state index is 0.178. The Morgan fingerprint density at radius 3 is 2.85 bits per heavy atom. The summed E-state index contributed by atoms with van der Waals surface area (Å²) < 4.78 is 17.9. The number of ether oxygens (including phenoxy) is 1. The number of halogens is 1. The number of nitrogens with zero attached hydrogens (tertiary/aromatic N) is 3. The molecular weight excluding hydrogens is 173 g/mol. The van der Waals surface area contributed by atoms with Crippen LogP contribution in [0, 0.1) is 5.82 Å². The monoisotopic (exact) mass is 185 g/mol. The van der Waals surface area contributed by atoms with Crippen LogP contribution in [0.25, 0.3) is 0 Å². The SMILES string of the molecule is CCN(C)c1nc(OC)ncc1F. The molecule has 1 aromatic rings. The highest BCUT2D eigenvalue weighted by molar-refractivity contribution is 5.38. The number of rotatable bonds is 3. The lowest BCUT2D eigenvalue weighted by Crippen LogP contribution is -2.19.